The molecule has 3 rings (SSSR count). The van der Waals surface area contributed by atoms with Gasteiger partial charge < -0.3 is 10.3 Å². The van der Waals surface area contributed by atoms with E-state index in [0.29, 0.717) is 24.1 Å². The van der Waals surface area contributed by atoms with Gasteiger partial charge in [0, 0.05) is 22.1 Å². The van der Waals surface area contributed by atoms with E-state index in [1.807, 2.05) is 37.3 Å². The monoisotopic (exact) mass is 398 g/mol. The summed E-state index contributed by atoms with van der Waals surface area (Å²) in [5.74, 6) is -0.156. The maximum Gasteiger partial charge on any atom is 0.252 e. The number of aryl methyl sites for hydroxylation is 2. The van der Waals surface area contributed by atoms with Gasteiger partial charge >= 0.3 is 0 Å². The number of hydrogen-bond donors (Lipinski definition) is 2. The molecule has 0 spiro atoms. The number of nitrogens with one attached hydrogen (secondary N) is 2. The van der Waals surface area contributed by atoms with Crippen molar-refractivity contribution >= 4 is 32.7 Å². The minimum atomic E-state index is -0.156. The van der Waals surface area contributed by atoms with Gasteiger partial charge in [-0.3, -0.25) is 9.59 Å². The number of aromatic nitrogens is 1. The maximum atomic E-state index is 12.3. The van der Waals surface area contributed by atoms with E-state index >= 15 is 0 Å². The molecule has 1 aromatic heterocycles. The number of carbonyl (C=O) groups is 1. The number of amides is 1. The van der Waals surface area contributed by atoms with Crippen LogP contribution in [0.25, 0.3) is 10.9 Å². The smallest absolute Gasteiger partial charge is 0.252 e. The molecule has 0 radical (unpaired) electrons. The highest BCUT2D eigenvalue weighted by Crippen LogP contribution is 2.18. The molecule has 4 nitrogen and oxygen atoms in total. The van der Waals surface area contributed by atoms with Crippen LogP contribution < -0.4 is 10.9 Å². The fourth-order valence-corrected chi connectivity index (χ4v) is 3.22. The molecule has 0 atom stereocenters. The molecule has 5 heteroatoms. The van der Waals surface area contributed by atoms with E-state index in [-0.39, 0.29) is 11.5 Å². The number of fused-ring (bicyclic) bond motifs is 1. The second kappa shape index (κ2) is 7.23. The van der Waals surface area contributed by atoms with Crippen molar-refractivity contribution in [2.45, 2.75) is 20.3 Å². The van der Waals surface area contributed by atoms with Crippen molar-refractivity contribution in [1.82, 2.24) is 10.3 Å². The van der Waals surface area contributed by atoms with Crippen molar-refractivity contribution in [2.24, 2.45) is 0 Å². The quantitative estimate of drug-likeness (QED) is 0.700. The van der Waals surface area contributed by atoms with Crippen molar-refractivity contribution in [1.29, 1.82) is 0 Å². The van der Waals surface area contributed by atoms with Gasteiger partial charge in [-0.05, 0) is 83.0 Å². The van der Waals surface area contributed by atoms with Crippen molar-refractivity contribution in [2.75, 3.05) is 6.54 Å². The summed E-state index contributed by atoms with van der Waals surface area (Å²) < 4.78 is 0.752. The van der Waals surface area contributed by atoms with Crippen LogP contribution in [0.15, 0.2) is 51.7 Å². The summed E-state index contributed by atoms with van der Waals surface area (Å²) in [5, 5.41) is 3.87. The standard InChI is InChI=1S/C20H19BrN2O2/c1-12-9-15-11-14(19(24)23-18(15)10-13(12)2)7-8-22-20(25)16-5-3-4-6-17(16)21/h3-6,9-11H,7-8H2,1-2H3,(H,22,25)(H,23,24). The highest BCUT2D eigenvalue weighted by atomic mass is 79.9. The first kappa shape index (κ1) is 17.4. The Balaban J connectivity index is 1.74. The predicted octanol–water partition coefficient (Wildman–Crippen LogP) is 3.88. The summed E-state index contributed by atoms with van der Waals surface area (Å²) in [5.41, 5.74) is 4.33. The fraction of sp³-hybridized carbons (Fsp3) is 0.200. The predicted molar refractivity (Wildman–Crippen MR) is 104 cm³/mol. The van der Waals surface area contributed by atoms with E-state index in [1.54, 1.807) is 6.07 Å². The second-order valence-corrected chi connectivity index (χ2v) is 6.99. The molecular weight excluding hydrogens is 380 g/mol. The normalized spacial score (nSPS) is 10.8. The number of hydrogen-bond acceptors (Lipinski definition) is 2. The van der Waals surface area contributed by atoms with E-state index in [4.69, 9.17) is 0 Å². The Hall–Kier alpha value is -2.40. The average Bonchev–Trinajstić information content (AvgIpc) is 2.57. The Morgan fingerprint density at radius 3 is 2.60 bits per heavy atom. The Morgan fingerprint density at radius 2 is 1.84 bits per heavy atom. The van der Waals surface area contributed by atoms with Crippen molar-refractivity contribution in [3.05, 3.63) is 79.5 Å². The second-order valence-electron chi connectivity index (χ2n) is 6.13. The van der Waals surface area contributed by atoms with E-state index < -0.39 is 0 Å². The Labute approximate surface area is 154 Å². The van der Waals surface area contributed by atoms with Crippen molar-refractivity contribution in [3.63, 3.8) is 0 Å². The number of benzene rings is 2. The average molecular weight is 399 g/mol. The first-order valence-electron chi connectivity index (χ1n) is 8.11. The van der Waals surface area contributed by atoms with Crippen LogP contribution in [0.3, 0.4) is 0 Å². The van der Waals surface area contributed by atoms with Gasteiger partial charge in [0.2, 0.25) is 0 Å². The molecule has 0 saturated heterocycles. The highest BCUT2D eigenvalue weighted by molar-refractivity contribution is 9.10. The molecule has 0 aliphatic heterocycles. The Bertz CT molecular complexity index is 1010. The molecule has 0 saturated carbocycles. The molecule has 0 aliphatic rings. The molecule has 0 fully saturated rings. The van der Waals surface area contributed by atoms with Crippen LogP contribution in [-0.4, -0.2) is 17.4 Å². The minimum absolute atomic E-state index is 0.106. The summed E-state index contributed by atoms with van der Waals surface area (Å²) >= 11 is 3.37. The van der Waals surface area contributed by atoms with Crippen LogP contribution >= 0.6 is 15.9 Å². The van der Waals surface area contributed by atoms with Gasteiger partial charge in [0.1, 0.15) is 0 Å². The van der Waals surface area contributed by atoms with Gasteiger partial charge in [-0.1, -0.05) is 12.1 Å². The summed E-state index contributed by atoms with van der Waals surface area (Å²) in [6.07, 6.45) is 0.481. The number of aromatic amines is 1. The Kier molecular flexibility index (Phi) is 5.04. The van der Waals surface area contributed by atoms with E-state index in [2.05, 4.69) is 39.2 Å². The van der Waals surface area contributed by atoms with Crippen LogP contribution in [0, 0.1) is 13.8 Å². The third-order valence-electron chi connectivity index (χ3n) is 4.33. The molecule has 1 amide bonds. The minimum Gasteiger partial charge on any atom is -0.352 e. The summed E-state index contributed by atoms with van der Waals surface area (Å²) in [4.78, 5) is 27.4. The van der Waals surface area contributed by atoms with Crippen LogP contribution in [-0.2, 0) is 6.42 Å². The Morgan fingerprint density at radius 1 is 1.12 bits per heavy atom. The van der Waals surface area contributed by atoms with Gasteiger partial charge in [0.25, 0.3) is 11.5 Å². The van der Waals surface area contributed by atoms with Crippen molar-refractivity contribution < 1.29 is 4.79 Å². The largest absolute Gasteiger partial charge is 0.352 e. The molecule has 0 unspecified atom stereocenters. The lowest BCUT2D eigenvalue weighted by molar-refractivity contribution is 0.0953. The maximum absolute atomic E-state index is 12.3. The van der Waals surface area contributed by atoms with E-state index in [1.165, 1.54) is 5.56 Å². The molecular formula is C20H19BrN2O2. The zero-order valence-corrected chi connectivity index (χ0v) is 15.7. The first-order valence-corrected chi connectivity index (χ1v) is 8.91. The molecule has 3 aromatic rings. The summed E-state index contributed by atoms with van der Waals surface area (Å²) in [6, 6.07) is 13.2. The van der Waals surface area contributed by atoms with Crippen LogP contribution in [0.1, 0.15) is 27.0 Å². The molecule has 2 N–H and O–H groups in total. The zero-order valence-electron chi connectivity index (χ0n) is 14.2. The van der Waals surface area contributed by atoms with Gasteiger partial charge in [-0.15, -0.1) is 0 Å². The van der Waals surface area contributed by atoms with Crippen LogP contribution in [0.5, 0.6) is 0 Å². The topological polar surface area (TPSA) is 62.0 Å². The zero-order chi connectivity index (χ0) is 18.0. The third kappa shape index (κ3) is 3.82. The number of carbonyl (C=O) groups excluding carboxylic acids is 1. The van der Waals surface area contributed by atoms with Crippen LogP contribution in [0.4, 0.5) is 0 Å². The SMILES string of the molecule is Cc1cc2cc(CCNC(=O)c3ccccc3Br)c(=O)[nH]c2cc1C. The lowest BCUT2D eigenvalue weighted by Gasteiger charge is -2.08. The summed E-state index contributed by atoms with van der Waals surface area (Å²) in [7, 11) is 0. The van der Waals surface area contributed by atoms with Gasteiger partial charge in [0.15, 0.2) is 0 Å². The van der Waals surface area contributed by atoms with Gasteiger partial charge in [-0.2, -0.15) is 0 Å². The third-order valence-corrected chi connectivity index (χ3v) is 5.03. The highest BCUT2D eigenvalue weighted by Gasteiger charge is 2.09. The van der Waals surface area contributed by atoms with E-state index in [0.717, 1.165) is 20.9 Å². The van der Waals surface area contributed by atoms with Gasteiger partial charge in [-0.25, -0.2) is 0 Å². The fourth-order valence-electron chi connectivity index (χ4n) is 2.76. The number of rotatable bonds is 4. The molecule has 128 valence electrons. The van der Waals surface area contributed by atoms with Crippen LogP contribution in [0.2, 0.25) is 0 Å². The van der Waals surface area contributed by atoms with Crippen molar-refractivity contribution in [3.8, 4) is 0 Å². The molecule has 1 heterocycles. The lowest BCUT2D eigenvalue weighted by Crippen LogP contribution is -2.27. The number of halogens is 1. The molecule has 2 aromatic carbocycles. The van der Waals surface area contributed by atoms with Gasteiger partial charge in [0.05, 0.1) is 5.56 Å². The number of pyridine rings is 1. The molecule has 25 heavy (non-hydrogen) atoms. The molecule has 0 bridgehead atoms. The first-order chi connectivity index (χ1) is 12.0. The summed E-state index contributed by atoms with van der Waals surface area (Å²) in [6.45, 7) is 4.48. The number of H-pyrrole nitrogens is 1. The lowest BCUT2D eigenvalue weighted by atomic mass is 10.0. The molecule has 0 aliphatic carbocycles. The van der Waals surface area contributed by atoms with E-state index in [9.17, 15) is 9.59 Å².